The van der Waals surface area contributed by atoms with Crippen molar-refractivity contribution in [3.63, 3.8) is 0 Å². The molecule has 4 aromatic rings. The monoisotopic (exact) mass is 922 g/mol. The molecule has 2 saturated carbocycles. The number of halogens is 2. The zero-order valence-electron chi connectivity index (χ0n) is 36.3. The first-order valence-corrected chi connectivity index (χ1v) is 24.6. The van der Waals surface area contributed by atoms with Crippen molar-refractivity contribution in [2.45, 2.75) is 98.7 Å². The number of Topliss-reactive ketones (excluding diaryl/α,β-unsaturated/α-hetero) is 1. The minimum Gasteiger partial charge on any atom is -0.347 e. The highest BCUT2D eigenvalue weighted by Crippen LogP contribution is 2.55. The predicted molar refractivity (Wildman–Crippen MR) is 246 cm³/mol. The lowest BCUT2D eigenvalue weighted by Crippen LogP contribution is -2.53. The lowest BCUT2D eigenvalue weighted by molar-refractivity contribution is -0.133. The highest BCUT2D eigenvalue weighted by Gasteiger charge is 2.55. The van der Waals surface area contributed by atoms with Gasteiger partial charge in [-0.3, -0.25) is 23.0 Å². The largest absolute Gasteiger partial charge is 0.347 e. The van der Waals surface area contributed by atoms with E-state index in [0.717, 1.165) is 32.6 Å². The van der Waals surface area contributed by atoms with Crippen LogP contribution in [0.3, 0.4) is 0 Å². The van der Waals surface area contributed by atoms with E-state index in [1.54, 1.807) is 88.9 Å². The summed E-state index contributed by atoms with van der Waals surface area (Å²) >= 11 is 13.7. The first-order chi connectivity index (χ1) is 29.2. The standard InChI is InChI=1S/C47H56Cl2N4O7S2/c1-33-13-19-37(20-14-33)61(57,58)52(31-43(54)50(3)4)41-23-17-35(48)29-39(41)46(25-9-7-10-26-46)45(56)47(27-11-8-12-28-47)40-30-36(49)18-24-42(40)53(32-44(55)51(5)6)62(59,60)38-21-15-34(2)16-22-38/h13-24,29-30H,7-12,25-28,31-32H2,1-6H3. The van der Waals surface area contributed by atoms with Gasteiger partial charge < -0.3 is 9.80 Å². The van der Waals surface area contributed by atoms with Gasteiger partial charge in [0.1, 0.15) is 13.1 Å². The third kappa shape index (κ3) is 9.28. The van der Waals surface area contributed by atoms with Crippen molar-refractivity contribution in [2.75, 3.05) is 49.9 Å². The van der Waals surface area contributed by atoms with E-state index in [0.29, 0.717) is 62.5 Å². The van der Waals surface area contributed by atoms with Crippen molar-refractivity contribution in [1.82, 2.24) is 9.80 Å². The molecule has 0 spiro atoms. The molecule has 0 N–H and O–H groups in total. The summed E-state index contributed by atoms with van der Waals surface area (Å²) in [6, 6.07) is 22.4. The average molecular weight is 924 g/mol. The molecular weight excluding hydrogens is 868 g/mol. The van der Waals surface area contributed by atoms with Gasteiger partial charge in [0.05, 0.1) is 32.0 Å². The van der Waals surface area contributed by atoms with E-state index in [1.165, 1.54) is 34.1 Å². The second kappa shape index (κ2) is 18.7. The Morgan fingerprint density at radius 3 is 1.15 bits per heavy atom. The number of carbonyl (C=O) groups is 3. The van der Waals surface area contributed by atoms with Gasteiger partial charge in [-0.15, -0.1) is 0 Å². The number of likely N-dealkylation sites (N-methyl/N-ethyl adjacent to an activating group) is 2. The molecule has 0 aromatic heterocycles. The maximum Gasteiger partial charge on any atom is 0.264 e. The van der Waals surface area contributed by atoms with Gasteiger partial charge in [-0.25, -0.2) is 16.8 Å². The van der Waals surface area contributed by atoms with Crippen LogP contribution in [0.2, 0.25) is 10.0 Å². The molecule has 0 bridgehead atoms. The van der Waals surface area contributed by atoms with Crippen molar-refractivity contribution in [1.29, 1.82) is 0 Å². The summed E-state index contributed by atoms with van der Waals surface area (Å²) in [6.07, 6.45) is 5.63. The summed E-state index contributed by atoms with van der Waals surface area (Å²) in [5, 5.41) is 0.568. The third-order valence-electron chi connectivity index (χ3n) is 12.5. The zero-order valence-corrected chi connectivity index (χ0v) is 39.4. The summed E-state index contributed by atoms with van der Waals surface area (Å²) in [5.41, 5.74) is 0.141. The molecule has 0 aliphatic heterocycles. The lowest BCUT2D eigenvalue weighted by atomic mass is 9.55. The van der Waals surface area contributed by atoms with E-state index in [9.17, 15) is 26.4 Å². The van der Waals surface area contributed by atoms with Crippen LogP contribution in [-0.2, 0) is 45.3 Å². The Kier molecular flexibility index (Phi) is 14.2. The van der Waals surface area contributed by atoms with E-state index < -0.39 is 55.8 Å². The van der Waals surface area contributed by atoms with Gasteiger partial charge in [-0.2, -0.15) is 0 Å². The number of ketones is 1. The van der Waals surface area contributed by atoms with Crippen LogP contribution in [0.25, 0.3) is 0 Å². The lowest BCUT2D eigenvalue weighted by Gasteiger charge is -2.48. The van der Waals surface area contributed by atoms with Crippen LogP contribution in [0.1, 0.15) is 86.5 Å². The normalized spacial score (nSPS) is 16.3. The minimum atomic E-state index is -4.40. The number of anilines is 2. The summed E-state index contributed by atoms with van der Waals surface area (Å²) in [6.45, 7) is 2.61. The van der Waals surface area contributed by atoms with Crippen molar-refractivity contribution in [2.24, 2.45) is 0 Å². The van der Waals surface area contributed by atoms with Crippen LogP contribution in [0, 0.1) is 13.8 Å². The molecule has 15 heteroatoms. The summed E-state index contributed by atoms with van der Waals surface area (Å²) in [7, 11) is -2.59. The molecule has 0 heterocycles. The van der Waals surface area contributed by atoms with E-state index in [4.69, 9.17) is 23.2 Å². The number of sulfonamides is 2. The molecule has 2 aliphatic carbocycles. The van der Waals surface area contributed by atoms with Crippen molar-refractivity contribution in [3.05, 3.63) is 117 Å². The first-order valence-electron chi connectivity index (χ1n) is 21.0. The van der Waals surface area contributed by atoms with Crippen LogP contribution in [0.15, 0.2) is 94.7 Å². The number of aryl methyl sites for hydroxylation is 2. The van der Waals surface area contributed by atoms with Gasteiger partial charge in [0.15, 0.2) is 5.78 Å². The topological polar surface area (TPSA) is 132 Å². The van der Waals surface area contributed by atoms with Crippen molar-refractivity contribution in [3.8, 4) is 0 Å². The molecule has 2 aliphatic rings. The predicted octanol–water partition coefficient (Wildman–Crippen LogP) is 8.85. The molecule has 6 rings (SSSR count). The number of hydrogen-bond acceptors (Lipinski definition) is 7. The Bertz CT molecular complexity index is 2360. The molecule has 4 aromatic carbocycles. The van der Waals surface area contributed by atoms with Crippen LogP contribution in [-0.4, -0.2) is 85.5 Å². The van der Waals surface area contributed by atoms with Crippen LogP contribution in [0.4, 0.5) is 11.4 Å². The fourth-order valence-electron chi connectivity index (χ4n) is 9.03. The van der Waals surface area contributed by atoms with E-state index in [2.05, 4.69) is 0 Å². The van der Waals surface area contributed by atoms with Gasteiger partial charge in [0, 0.05) is 38.2 Å². The molecule has 0 radical (unpaired) electrons. The second-order valence-electron chi connectivity index (χ2n) is 17.2. The Morgan fingerprint density at radius 1 is 0.516 bits per heavy atom. The molecule has 0 saturated heterocycles. The van der Waals surface area contributed by atoms with Gasteiger partial charge in [-0.05, 0) is 111 Å². The second-order valence-corrected chi connectivity index (χ2v) is 21.8. The summed E-state index contributed by atoms with van der Waals surface area (Å²) in [4.78, 5) is 46.4. The number of nitrogens with zero attached hydrogens (tertiary/aromatic N) is 4. The zero-order chi connectivity index (χ0) is 45.2. The maximum absolute atomic E-state index is 16.6. The Balaban J connectivity index is 1.63. The Hall–Kier alpha value is -4.43. The van der Waals surface area contributed by atoms with Crippen LogP contribution >= 0.6 is 23.2 Å². The van der Waals surface area contributed by atoms with Crippen LogP contribution in [0.5, 0.6) is 0 Å². The Morgan fingerprint density at radius 2 is 0.839 bits per heavy atom. The van der Waals surface area contributed by atoms with E-state index in [-0.39, 0.29) is 37.0 Å². The number of benzene rings is 4. The smallest absolute Gasteiger partial charge is 0.264 e. The average Bonchev–Trinajstić information content (AvgIpc) is 3.25. The molecule has 62 heavy (non-hydrogen) atoms. The molecule has 0 unspecified atom stereocenters. The molecule has 2 amide bonds. The number of rotatable bonds is 14. The summed E-state index contributed by atoms with van der Waals surface area (Å²) in [5.74, 6) is -1.14. The van der Waals surface area contributed by atoms with Gasteiger partial charge in [-0.1, -0.05) is 97.1 Å². The molecule has 0 atom stereocenters. The Labute approximate surface area is 377 Å². The molecule has 2 fully saturated rings. The van der Waals surface area contributed by atoms with E-state index >= 15 is 4.79 Å². The highest BCUT2D eigenvalue weighted by molar-refractivity contribution is 7.93. The van der Waals surface area contributed by atoms with E-state index in [1.807, 2.05) is 13.8 Å². The number of amides is 2. The van der Waals surface area contributed by atoms with Crippen molar-refractivity contribution >= 4 is 72.2 Å². The molecule has 332 valence electrons. The fourth-order valence-corrected chi connectivity index (χ4v) is 12.2. The molecule has 11 nitrogen and oxygen atoms in total. The maximum atomic E-state index is 16.6. The summed E-state index contributed by atoms with van der Waals surface area (Å²) < 4.78 is 61.5. The number of hydrogen-bond donors (Lipinski definition) is 0. The van der Waals surface area contributed by atoms with Crippen molar-refractivity contribution < 1.29 is 31.2 Å². The minimum absolute atomic E-state index is 0.0194. The highest BCUT2D eigenvalue weighted by atomic mass is 35.5. The van der Waals surface area contributed by atoms with Gasteiger partial charge >= 0.3 is 0 Å². The van der Waals surface area contributed by atoms with Crippen LogP contribution < -0.4 is 8.61 Å². The van der Waals surface area contributed by atoms with Gasteiger partial charge in [0.25, 0.3) is 20.0 Å². The van der Waals surface area contributed by atoms with Gasteiger partial charge in [0.2, 0.25) is 11.8 Å². The fraction of sp³-hybridized carbons (Fsp3) is 0.426. The quantitative estimate of drug-likeness (QED) is 0.124. The third-order valence-corrected chi connectivity index (χ3v) is 16.6. The first kappa shape index (κ1) is 47.1. The molecular formula is C47H56Cl2N4O7S2. The SMILES string of the molecule is Cc1ccc(S(=O)(=O)N(CC(=O)N(C)C)c2ccc(Cl)cc2C2(C(=O)C3(c4cc(Cl)ccc4N(CC(=O)N(C)C)S(=O)(=O)c4ccc(C)cc4)CCCCC3)CCCCC2)cc1. The number of carbonyl (C=O) groups excluding carboxylic acids is 3.